The summed E-state index contributed by atoms with van der Waals surface area (Å²) in [6.45, 7) is 0. The van der Waals surface area contributed by atoms with Gasteiger partial charge in [0, 0.05) is 39.1 Å². The van der Waals surface area contributed by atoms with Crippen molar-refractivity contribution in [3.05, 3.63) is 0 Å². The first-order chi connectivity index (χ1) is 2.00. The molecule has 0 atom stereocenters. The van der Waals surface area contributed by atoms with Crippen molar-refractivity contribution in [2.24, 2.45) is 0 Å². The van der Waals surface area contributed by atoms with Crippen molar-refractivity contribution in [2.75, 3.05) is 0 Å². The Morgan fingerprint density at radius 2 is 0.875 bits per heavy atom. The normalized spacial score (nSPS) is 7.50. The van der Waals surface area contributed by atoms with Gasteiger partial charge in [-0.25, -0.2) is 18.6 Å². The molecule has 8 heavy (non-hydrogen) atoms. The van der Waals surface area contributed by atoms with Gasteiger partial charge in [-0.05, 0) is 0 Å². The molecule has 4 nitrogen and oxygen atoms in total. The zero-order chi connectivity index (χ0) is 4.50. The molecule has 0 saturated heterocycles. The molecule has 0 bridgehead atoms. The van der Waals surface area contributed by atoms with E-state index in [1.54, 1.807) is 0 Å². The molecule has 3 radical (unpaired) electrons. The third kappa shape index (κ3) is 63.7. The van der Waals surface area contributed by atoms with Crippen molar-refractivity contribution < 1.29 is 102 Å². The minimum atomic E-state index is -4.94. The molecule has 0 aromatic carbocycles. The Labute approximate surface area is 117 Å². The second kappa shape index (κ2) is 10.0. The van der Waals surface area contributed by atoms with Gasteiger partial charge in [0.1, 0.15) is 0 Å². The van der Waals surface area contributed by atoms with Crippen molar-refractivity contribution in [1.29, 1.82) is 0 Å². The molecule has 0 spiro atoms. The van der Waals surface area contributed by atoms with E-state index in [1.807, 2.05) is 0 Å². The fourth-order valence-electron chi connectivity index (χ4n) is 0. The van der Waals surface area contributed by atoms with Crippen LogP contribution in [0.5, 0.6) is 0 Å². The SMILES string of the molecule is [Al].[K+].[O-][Cl+3]([O-])([O-])[O-].[Ti]. The molecular weight excluding hydrogens is 213 g/mol. The Hall–Kier alpha value is 3.01. The van der Waals surface area contributed by atoms with E-state index in [2.05, 4.69) is 0 Å². The first-order valence-corrected chi connectivity index (χ1v) is 1.85. The first kappa shape index (κ1) is 22.5. The summed E-state index contributed by atoms with van der Waals surface area (Å²) in [5.41, 5.74) is 0. The topological polar surface area (TPSA) is 92.2 Å². The Bertz CT molecular complexity index is 31.5. The van der Waals surface area contributed by atoms with Crippen LogP contribution in [-0.2, 0) is 21.7 Å². The minimum absolute atomic E-state index is 0. The molecule has 0 aromatic rings. The van der Waals surface area contributed by atoms with Crippen molar-refractivity contribution >= 4 is 17.4 Å². The summed E-state index contributed by atoms with van der Waals surface area (Å²) in [4.78, 5) is 0. The molecule has 0 saturated carbocycles. The predicted octanol–water partition coefficient (Wildman–Crippen LogP) is -8.14. The molecule has 0 fully saturated rings. The Balaban J connectivity index is -0.0000000267. The molecule has 0 amide bonds. The van der Waals surface area contributed by atoms with Gasteiger partial charge in [-0.15, -0.1) is 10.2 Å². The second-order valence-electron chi connectivity index (χ2n) is 0.378. The van der Waals surface area contributed by atoms with Gasteiger partial charge in [-0.2, -0.15) is 0 Å². The van der Waals surface area contributed by atoms with Crippen LogP contribution >= 0.6 is 0 Å². The third-order valence-electron chi connectivity index (χ3n) is 0. The summed E-state index contributed by atoms with van der Waals surface area (Å²) in [5.74, 6) is 0. The van der Waals surface area contributed by atoms with Crippen LogP contribution < -0.4 is 70.0 Å². The maximum absolute atomic E-state index is 8.49. The van der Waals surface area contributed by atoms with Gasteiger partial charge in [-0.3, -0.25) is 0 Å². The van der Waals surface area contributed by atoms with Crippen molar-refractivity contribution in [1.82, 2.24) is 0 Å². The second-order valence-corrected chi connectivity index (χ2v) is 1.13. The Kier molecular flexibility index (Phi) is 28.1. The maximum atomic E-state index is 8.49. The predicted molar refractivity (Wildman–Crippen MR) is 5.75 cm³/mol. The standard InChI is InChI=1S/Al.ClHO4.K.Ti/c;2-1(3,4)5;;/h;(H,2,3,4,5);;/q;;+1;/p-1. The van der Waals surface area contributed by atoms with E-state index in [9.17, 15) is 0 Å². The molecule has 0 unspecified atom stereocenters. The number of hydrogen-bond donors (Lipinski definition) is 0. The quantitative estimate of drug-likeness (QED) is 0.374. The van der Waals surface area contributed by atoms with Crippen LogP contribution in [0.25, 0.3) is 0 Å². The van der Waals surface area contributed by atoms with E-state index < -0.39 is 10.2 Å². The monoisotopic (exact) mass is 213 g/mol. The summed E-state index contributed by atoms with van der Waals surface area (Å²) in [5, 5.41) is 0. The third-order valence-corrected chi connectivity index (χ3v) is 0. The average molecular weight is 213 g/mol. The van der Waals surface area contributed by atoms with E-state index >= 15 is 0 Å². The van der Waals surface area contributed by atoms with E-state index in [0.29, 0.717) is 0 Å². The summed E-state index contributed by atoms with van der Waals surface area (Å²) in [6, 6.07) is 0. The number of rotatable bonds is 0. The fraction of sp³-hybridized carbons (Fsp3) is 0. The molecule has 0 rings (SSSR count). The largest absolute Gasteiger partial charge is 1.00 e. The molecular formula is AlClKO4Ti. The first-order valence-electron chi connectivity index (χ1n) is 0.617. The van der Waals surface area contributed by atoms with Crippen LogP contribution in [0.4, 0.5) is 0 Å². The van der Waals surface area contributed by atoms with Gasteiger partial charge in [0.05, 0.1) is 0 Å². The molecule has 0 heterocycles. The van der Waals surface area contributed by atoms with Crippen molar-refractivity contribution in [3.8, 4) is 0 Å². The van der Waals surface area contributed by atoms with Gasteiger partial charge in [0.25, 0.3) is 0 Å². The average Bonchev–Trinajstić information content (AvgIpc) is 0.722. The van der Waals surface area contributed by atoms with Gasteiger partial charge in [0.2, 0.25) is 0 Å². The fourth-order valence-corrected chi connectivity index (χ4v) is 0. The Morgan fingerprint density at radius 3 is 0.875 bits per heavy atom. The Morgan fingerprint density at radius 1 is 0.875 bits per heavy atom. The number of halogens is 1. The summed E-state index contributed by atoms with van der Waals surface area (Å²) in [7, 11) is -4.94. The molecule has 0 aliphatic heterocycles. The van der Waals surface area contributed by atoms with E-state index in [-0.39, 0.29) is 90.5 Å². The van der Waals surface area contributed by atoms with Crippen LogP contribution in [0.15, 0.2) is 0 Å². The van der Waals surface area contributed by atoms with E-state index in [4.69, 9.17) is 18.6 Å². The molecule has 8 heteroatoms. The molecule has 0 aliphatic rings. The maximum Gasteiger partial charge on any atom is 1.00 e. The van der Waals surface area contributed by atoms with Crippen LogP contribution in [0.1, 0.15) is 0 Å². The van der Waals surface area contributed by atoms with Gasteiger partial charge in [0.15, 0.2) is 0 Å². The van der Waals surface area contributed by atoms with E-state index in [0.717, 1.165) is 0 Å². The van der Waals surface area contributed by atoms with Crippen LogP contribution in [0, 0.1) is 10.2 Å². The molecule has 0 aliphatic carbocycles. The molecule has 0 N–H and O–H groups in total. The summed E-state index contributed by atoms with van der Waals surface area (Å²) in [6.07, 6.45) is 0. The summed E-state index contributed by atoms with van der Waals surface area (Å²) < 4.78 is 34.0. The van der Waals surface area contributed by atoms with Crippen molar-refractivity contribution in [3.63, 3.8) is 0 Å². The van der Waals surface area contributed by atoms with E-state index in [1.165, 1.54) is 0 Å². The zero-order valence-corrected chi connectivity index (χ0v) is 10.7. The molecule has 39 valence electrons. The smallest absolute Gasteiger partial charge is 0.222 e. The van der Waals surface area contributed by atoms with Gasteiger partial charge in [-0.1, -0.05) is 0 Å². The molecule has 0 aromatic heterocycles. The summed E-state index contributed by atoms with van der Waals surface area (Å²) >= 11 is 0. The van der Waals surface area contributed by atoms with Gasteiger partial charge >= 0.3 is 51.4 Å². The minimum Gasteiger partial charge on any atom is -0.222 e. The van der Waals surface area contributed by atoms with Gasteiger partial charge < -0.3 is 0 Å². The van der Waals surface area contributed by atoms with Crippen LogP contribution in [0.3, 0.4) is 0 Å². The zero-order valence-electron chi connectivity index (χ0n) is 4.09. The number of hydrogen-bond acceptors (Lipinski definition) is 4. The van der Waals surface area contributed by atoms with Crippen molar-refractivity contribution in [2.45, 2.75) is 0 Å². The van der Waals surface area contributed by atoms with Crippen LogP contribution in [0.2, 0.25) is 0 Å². The van der Waals surface area contributed by atoms with Crippen LogP contribution in [-0.4, -0.2) is 17.4 Å².